The van der Waals surface area contributed by atoms with Gasteiger partial charge in [0.05, 0.1) is 12.1 Å². The summed E-state index contributed by atoms with van der Waals surface area (Å²) in [6.07, 6.45) is 3.16. The molecule has 0 saturated heterocycles. The van der Waals surface area contributed by atoms with Crippen molar-refractivity contribution in [2.75, 3.05) is 34.1 Å². The van der Waals surface area contributed by atoms with Gasteiger partial charge in [0.25, 0.3) is 6.64 Å². The number of hydrogen-bond acceptors (Lipinski definition) is 8. The van der Waals surface area contributed by atoms with E-state index in [0.717, 1.165) is 25.0 Å². The third kappa shape index (κ3) is 7.63. The van der Waals surface area contributed by atoms with Crippen LogP contribution >= 0.6 is 30.5 Å². The second kappa shape index (κ2) is 11.7. The average Bonchev–Trinajstić information content (AvgIpc) is 2.54. The fraction of sp³-hybridized carbons (Fsp3) is 0.818. The van der Waals surface area contributed by atoms with Crippen LogP contribution in [0.4, 0.5) is 4.79 Å². The fourth-order valence-corrected chi connectivity index (χ4v) is 4.34. The van der Waals surface area contributed by atoms with Gasteiger partial charge in [-0.1, -0.05) is 18.5 Å². The van der Waals surface area contributed by atoms with Crippen LogP contribution in [0.3, 0.4) is 0 Å². The van der Waals surface area contributed by atoms with Gasteiger partial charge in [0.2, 0.25) is 0 Å². The van der Waals surface area contributed by atoms with Crippen LogP contribution < -0.4 is 0 Å². The summed E-state index contributed by atoms with van der Waals surface area (Å²) in [6, 6.07) is 0. The molecule has 0 aromatic rings. The Bertz CT molecular complexity index is 417. The Morgan fingerprint density at radius 2 is 1.95 bits per heavy atom. The van der Waals surface area contributed by atoms with Crippen molar-refractivity contribution in [2.45, 2.75) is 26.7 Å². The van der Waals surface area contributed by atoms with Crippen LogP contribution in [0.25, 0.3) is 0 Å². The van der Waals surface area contributed by atoms with Crippen LogP contribution in [0.15, 0.2) is 5.16 Å². The molecule has 0 unspecified atom stereocenters. The summed E-state index contributed by atoms with van der Waals surface area (Å²) in [4.78, 5) is 16.8. The van der Waals surface area contributed by atoms with Crippen molar-refractivity contribution in [2.24, 2.45) is 5.16 Å². The Balaban J connectivity index is 4.84. The van der Waals surface area contributed by atoms with E-state index in [2.05, 4.69) is 12.1 Å². The quantitative estimate of drug-likeness (QED) is 0.147. The van der Waals surface area contributed by atoms with E-state index in [1.807, 2.05) is 6.26 Å². The summed E-state index contributed by atoms with van der Waals surface area (Å²) in [6.45, 7) is 1.86. The number of amides is 1. The Kier molecular flexibility index (Phi) is 11.8. The summed E-state index contributed by atoms with van der Waals surface area (Å²) in [5.74, 6) is 0. The van der Waals surface area contributed by atoms with E-state index in [0.29, 0.717) is 11.6 Å². The molecular weight excluding hydrogens is 365 g/mol. The maximum Gasteiger partial charge on any atom is 0.446 e. The maximum atomic E-state index is 11.9. The minimum Gasteiger partial charge on any atom is -0.321 e. The third-order valence-corrected chi connectivity index (χ3v) is 8.22. The molecule has 11 heteroatoms. The minimum absolute atomic E-state index is 0.589. The molecule has 0 N–H and O–H groups in total. The van der Waals surface area contributed by atoms with E-state index in [9.17, 15) is 4.79 Å². The fourth-order valence-electron chi connectivity index (χ4n) is 1.13. The number of carbonyl (C=O) groups is 1. The molecule has 22 heavy (non-hydrogen) atoms. The van der Waals surface area contributed by atoms with Crippen molar-refractivity contribution < 1.29 is 18.7 Å². The molecule has 0 bridgehead atoms. The van der Waals surface area contributed by atoms with Crippen LogP contribution in [-0.4, -0.2) is 53.6 Å². The van der Waals surface area contributed by atoms with Crippen LogP contribution in [0, 0.1) is 0 Å². The van der Waals surface area contributed by atoms with Crippen LogP contribution in [0.2, 0.25) is 0 Å². The van der Waals surface area contributed by atoms with Gasteiger partial charge < -0.3 is 9.05 Å². The number of carbonyl (C=O) groups excluding carboxylic acids is 1. The van der Waals surface area contributed by atoms with Gasteiger partial charge in [0.1, 0.15) is 5.04 Å². The van der Waals surface area contributed by atoms with Gasteiger partial charge >= 0.3 is 6.09 Å². The van der Waals surface area contributed by atoms with Crippen molar-refractivity contribution in [3.8, 4) is 0 Å². The van der Waals surface area contributed by atoms with Crippen molar-refractivity contribution >= 4 is 53.5 Å². The Morgan fingerprint density at radius 1 is 1.36 bits per heavy atom. The molecule has 1 amide bonds. The maximum absolute atomic E-state index is 11.9. The van der Waals surface area contributed by atoms with Gasteiger partial charge in [-0.05, 0) is 31.4 Å². The topological polar surface area (TPSA) is 63.6 Å². The predicted octanol–water partition coefficient (Wildman–Crippen LogP) is 3.93. The average molecular weight is 390 g/mol. The number of hydrogen-bond donors (Lipinski definition) is 0. The lowest BCUT2D eigenvalue weighted by Gasteiger charge is -2.31. The smallest absolute Gasteiger partial charge is 0.321 e. The summed E-state index contributed by atoms with van der Waals surface area (Å²) in [5, 5.41) is 4.37. The first-order valence-electron chi connectivity index (χ1n) is 6.55. The number of rotatable bonds is 9. The molecule has 0 saturated carbocycles. The third-order valence-electron chi connectivity index (χ3n) is 2.46. The van der Waals surface area contributed by atoms with Crippen LogP contribution in [0.1, 0.15) is 26.7 Å². The molecule has 130 valence electrons. The molecule has 0 atom stereocenters. The zero-order valence-corrected chi connectivity index (χ0v) is 17.1. The van der Waals surface area contributed by atoms with Gasteiger partial charge in [-0.3, -0.25) is 4.84 Å². The van der Waals surface area contributed by atoms with Crippen LogP contribution in [-0.2, 0) is 25.7 Å². The van der Waals surface area contributed by atoms with E-state index in [4.69, 9.17) is 25.7 Å². The van der Waals surface area contributed by atoms with Gasteiger partial charge in [0, 0.05) is 27.8 Å². The lowest BCUT2D eigenvalue weighted by atomic mass is 10.3. The lowest BCUT2D eigenvalue weighted by Crippen LogP contribution is -2.27. The highest BCUT2D eigenvalue weighted by molar-refractivity contribution is 8.15. The zero-order valence-electron chi connectivity index (χ0n) is 13.8. The predicted molar refractivity (Wildman–Crippen MR) is 98.4 cm³/mol. The van der Waals surface area contributed by atoms with Crippen molar-refractivity contribution in [1.29, 1.82) is 0 Å². The van der Waals surface area contributed by atoms with E-state index in [1.54, 1.807) is 18.0 Å². The number of unbranched alkanes of at least 4 members (excludes halogenated alkanes) is 1. The van der Waals surface area contributed by atoms with E-state index < -0.39 is 12.7 Å². The SMILES string of the molecule is CCCCN(SN(C)C(=O)ON=C(C)SC)P(=S)(OC)OC. The number of nitrogens with zero attached hydrogens (tertiary/aromatic N) is 3. The summed E-state index contributed by atoms with van der Waals surface area (Å²) < 4.78 is 13.8. The second-order valence-corrected chi connectivity index (χ2v) is 9.97. The molecule has 0 aromatic carbocycles. The van der Waals surface area contributed by atoms with E-state index in [-0.39, 0.29) is 0 Å². The van der Waals surface area contributed by atoms with E-state index in [1.165, 1.54) is 30.3 Å². The summed E-state index contributed by atoms with van der Waals surface area (Å²) in [5.41, 5.74) is 0. The summed E-state index contributed by atoms with van der Waals surface area (Å²) >= 11 is 7.95. The van der Waals surface area contributed by atoms with E-state index >= 15 is 0 Å². The second-order valence-electron chi connectivity index (χ2n) is 4.01. The van der Waals surface area contributed by atoms with Crippen molar-refractivity contribution in [3.63, 3.8) is 0 Å². The lowest BCUT2D eigenvalue weighted by molar-refractivity contribution is 0.136. The van der Waals surface area contributed by atoms with Gasteiger partial charge in [-0.15, -0.1) is 11.8 Å². The van der Waals surface area contributed by atoms with Crippen LogP contribution in [0.5, 0.6) is 0 Å². The van der Waals surface area contributed by atoms with Gasteiger partial charge in [-0.25, -0.2) is 9.10 Å². The summed E-state index contributed by atoms with van der Waals surface area (Å²) in [7, 11) is 4.60. The monoisotopic (exact) mass is 389 g/mol. The largest absolute Gasteiger partial charge is 0.446 e. The number of thioether (sulfide) groups is 1. The molecule has 0 aliphatic rings. The first kappa shape index (κ1) is 22.2. The normalized spacial score (nSPS) is 12.6. The molecule has 0 aliphatic heterocycles. The van der Waals surface area contributed by atoms with Crippen molar-refractivity contribution in [3.05, 3.63) is 0 Å². The Morgan fingerprint density at radius 3 is 2.41 bits per heavy atom. The highest BCUT2D eigenvalue weighted by Crippen LogP contribution is 2.55. The molecule has 7 nitrogen and oxygen atoms in total. The highest BCUT2D eigenvalue weighted by Gasteiger charge is 2.30. The number of oxime groups is 1. The first-order chi connectivity index (χ1) is 10.3. The molecule has 0 aromatic heterocycles. The van der Waals surface area contributed by atoms with Crippen molar-refractivity contribution in [1.82, 2.24) is 8.38 Å². The molecule has 0 heterocycles. The molecule has 0 spiro atoms. The molecular formula is C11H24N3O4PS3. The molecule has 0 fully saturated rings. The van der Waals surface area contributed by atoms with Gasteiger partial charge in [-0.2, -0.15) is 4.08 Å². The molecule has 0 aliphatic carbocycles. The highest BCUT2D eigenvalue weighted by atomic mass is 32.5. The molecule has 0 radical (unpaired) electrons. The molecule has 0 rings (SSSR count). The zero-order chi connectivity index (χ0) is 17.2. The van der Waals surface area contributed by atoms with Gasteiger partial charge in [0.15, 0.2) is 0 Å². The standard InChI is InChI=1S/C11H24N3O4PS3/c1-7-8-9-14(19(20,16-4)17-5)22-13(3)11(15)18-12-10(2)21-6/h7-9H2,1-6H3. The Hall–Kier alpha value is 0.170. The Labute approximate surface area is 146 Å². The minimum atomic E-state index is -2.62. The first-order valence-corrected chi connectivity index (χ1v) is 11.1.